The molecule has 1 saturated heterocycles. The van der Waals surface area contributed by atoms with Crippen LogP contribution in [0.3, 0.4) is 0 Å². The number of benzene rings is 1. The van der Waals surface area contributed by atoms with Gasteiger partial charge in [-0.1, -0.05) is 45.9 Å². The van der Waals surface area contributed by atoms with Crippen LogP contribution in [0.5, 0.6) is 5.75 Å². The molecule has 1 N–H and O–H groups in total. The number of carbonyl (C=O) groups is 1. The van der Waals surface area contributed by atoms with Gasteiger partial charge >= 0.3 is 13.5 Å². The molecule has 0 saturated carbocycles. The Labute approximate surface area is 181 Å². The van der Waals surface area contributed by atoms with Crippen molar-refractivity contribution < 1.29 is 23.4 Å². The highest BCUT2D eigenvalue weighted by Gasteiger charge is 2.34. The number of rotatable bonds is 10. The molecule has 0 radical (unpaired) electrons. The van der Waals surface area contributed by atoms with E-state index in [4.69, 9.17) is 14.0 Å². The molecule has 0 aliphatic carbocycles. The Morgan fingerprint density at radius 3 is 2.20 bits per heavy atom. The summed E-state index contributed by atoms with van der Waals surface area (Å²) in [6.07, 6.45) is 0.198. The highest BCUT2D eigenvalue weighted by Crippen LogP contribution is 2.48. The van der Waals surface area contributed by atoms with E-state index in [1.807, 2.05) is 18.2 Å². The zero-order valence-corrected chi connectivity index (χ0v) is 20.0. The van der Waals surface area contributed by atoms with E-state index < -0.39 is 19.5 Å². The van der Waals surface area contributed by atoms with Gasteiger partial charge in [-0.05, 0) is 36.8 Å². The van der Waals surface area contributed by atoms with E-state index in [0.29, 0.717) is 32.1 Å². The van der Waals surface area contributed by atoms with Crippen LogP contribution in [-0.4, -0.2) is 56.1 Å². The molecule has 2 rings (SSSR count). The van der Waals surface area contributed by atoms with Crippen LogP contribution >= 0.6 is 7.52 Å². The number of hydrogen-bond acceptors (Lipinski definition) is 6. The van der Waals surface area contributed by atoms with Crippen molar-refractivity contribution in [1.82, 2.24) is 9.99 Å². The first-order chi connectivity index (χ1) is 14.2. The number of morpholine rings is 1. The lowest BCUT2D eigenvalue weighted by atomic mass is 9.94. The summed E-state index contributed by atoms with van der Waals surface area (Å²) >= 11 is 0. The second-order valence-corrected chi connectivity index (χ2v) is 10.4. The Morgan fingerprint density at radius 1 is 1.13 bits per heavy atom. The Morgan fingerprint density at radius 2 is 1.70 bits per heavy atom. The molecule has 1 fully saturated rings. The van der Waals surface area contributed by atoms with Crippen molar-refractivity contribution in [2.75, 3.05) is 39.2 Å². The van der Waals surface area contributed by atoms with Gasteiger partial charge in [0.05, 0.1) is 19.8 Å². The molecule has 1 heterocycles. The first kappa shape index (κ1) is 24.9. The minimum Gasteiger partial charge on any atom is -0.465 e. The van der Waals surface area contributed by atoms with Gasteiger partial charge in [0, 0.05) is 13.1 Å². The Bertz CT molecular complexity index is 721. The smallest absolute Gasteiger partial charge is 0.331 e. The van der Waals surface area contributed by atoms with Gasteiger partial charge in [0.1, 0.15) is 18.1 Å². The Hall–Kier alpha value is -1.40. The van der Waals surface area contributed by atoms with Gasteiger partial charge in [0.25, 0.3) is 0 Å². The number of esters is 1. The van der Waals surface area contributed by atoms with E-state index in [2.05, 4.69) is 37.7 Å². The van der Waals surface area contributed by atoms with E-state index in [-0.39, 0.29) is 24.7 Å². The topological polar surface area (TPSA) is 77.1 Å². The van der Waals surface area contributed by atoms with Crippen molar-refractivity contribution in [2.45, 2.75) is 59.4 Å². The Balaban J connectivity index is 2.39. The predicted molar refractivity (Wildman–Crippen MR) is 119 cm³/mol. The van der Waals surface area contributed by atoms with Gasteiger partial charge in [0.2, 0.25) is 0 Å². The molecule has 0 amide bonds. The minimum atomic E-state index is -3.46. The van der Waals surface area contributed by atoms with Gasteiger partial charge in [0.15, 0.2) is 0 Å². The fraction of sp³-hybridized carbons (Fsp3) is 0.682. The first-order valence-electron chi connectivity index (χ1n) is 10.8. The normalized spacial score (nSPS) is 18.3. The number of hydrogen-bond donors (Lipinski definition) is 1. The largest absolute Gasteiger partial charge is 0.465 e. The molecular weight excluding hydrogens is 403 g/mol. The van der Waals surface area contributed by atoms with Gasteiger partial charge < -0.3 is 14.0 Å². The summed E-state index contributed by atoms with van der Waals surface area (Å²) in [4.78, 5) is 14.3. The van der Waals surface area contributed by atoms with Crippen LogP contribution in [-0.2, 0) is 18.8 Å². The summed E-state index contributed by atoms with van der Waals surface area (Å²) in [6, 6.07) is 5.30. The molecule has 0 spiro atoms. The predicted octanol–water partition coefficient (Wildman–Crippen LogP) is 4.34. The van der Waals surface area contributed by atoms with Crippen LogP contribution in [0.4, 0.5) is 0 Å². The number of nitrogens with zero attached hydrogens (tertiary/aromatic N) is 1. The third-order valence-electron chi connectivity index (χ3n) is 5.08. The molecule has 1 aliphatic rings. The number of para-hydroxylation sites is 1. The van der Waals surface area contributed by atoms with Crippen LogP contribution in [0.15, 0.2) is 18.2 Å². The standard InChI is InChI=1S/C22H37N2O5P/c1-7-28-22(25)18(6)23-30(26,15-24-11-13-27-14-12-24)29-21-19(16(2)3)9-8-10-20(21)17(4)5/h8-10,16-18H,7,11-15H2,1-6H3,(H,23,26)/t18-,30?/m0/s1. The number of carbonyl (C=O) groups excluding carboxylic acids is 1. The fourth-order valence-electron chi connectivity index (χ4n) is 3.45. The van der Waals surface area contributed by atoms with Crippen molar-refractivity contribution in [3.05, 3.63) is 29.3 Å². The van der Waals surface area contributed by atoms with Gasteiger partial charge in [-0.2, -0.15) is 0 Å². The average molecular weight is 441 g/mol. The second kappa shape index (κ2) is 11.3. The molecular formula is C22H37N2O5P. The molecule has 7 nitrogen and oxygen atoms in total. The molecule has 1 aliphatic heterocycles. The van der Waals surface area contributed by atoms with Gasteiger partial charge in [-0.3, -0.25) is 14.3 Å². The van der Waals surface area contributed by atoms with Crippen molar-refractivity contribution >= 4 is 13.5 Å². The average Bonchev–Trinajstić information content (AvgIpc) is 2.68. The molecule has 30 heavy (non-hydrogen) atoms. The molecule has 0 aromatic heterocycles. The van der Waals surface area contributed by atoms with Gasteiger partial charge in [-0.15, -0.1) is 0 Å². The maximum Gasteiger partial charge on any atom is 0.331 e. The van der Waals surface area contributed by atoms with Crippen LogP contribution in [0.2, 0.25) is 0 Å². The van der Waals surface area contributed by atoms with Crippen molar-refractivity contribution in [3.8, 4) is 5.75 Å². The maximum atomic E-state index is 14.1. The lowest BCUT2D eigenvalue weighted by Gasteiger charge is -2.33. The second-order valence-electron chi connectivity index (χ2n) is 8.31. The third kappa shape index (κ3) is 6.81. The van der Waals surface area contributed by atoms with E-state index in [0.717, 1.165) is 11.1 Å². The third-order valence-corrected chi connectivity index (χ3v) is 7.11. The summed E-state index contributed by atoms with van der Waals surface area (Å²) < 4.78 is 31.0. The summed E-state index contributed by atoms with van der Waals surface area (Å²) in [5, 5.41) is 2.98. The first-order valence-corrected chi connectivity index (χ1v) is 12.6. The lowest BCUT2D eigenvalue weighted by molar-refractivity contribution is -0.144. The Kier molecular flexibility index (Phi) is 9.35. The quantitative estimate of drug-likeness (QED) is 0.428. The molecule has 8 heteroatoms. The van der Waals surface area contributed by atoms with E-state index >= 15 is 0 Å². The van der Waals surface area contributed by atoms with Crippen LogP contribution < -0.4 is 9.61 Å². The van der Waals surface area contributed by atoms with E-state index in [1.54, 1.807) is 13.8 Å². The van der Waals surface area contributed by atoms with Gasteiger partial charge in [-0.25, -0.2) is 5.09 Å². The molecule has 1 unspecified atom stereocenters. The summed E-state index contributed by atoms with van der Waals surface area (Å²) in [5.41, 5.74) is 2.02. The van der Waals surface area contributed by atoms with Crippen LogP contribution in [0.25, 0.3) is 0 Å². The number of ether oxygens (including phenoxy) is 2. The lowest BCUT2D eigenvalue weighted by Crippen LogP contribution is -2.42. The van der Waals surface area contributed by atoms with Crippen LogP contribution in [0.1, 0.15) is 64.5 Å². The zero-order valence-electron chi connectivity index (χ0n) is 19.1. The minimum absolute atomic E-state index is 0.198. The molecule has 0 bridgehead atoms. The zero-order chi connectivity index (χ0) is 22.3. The fourth-order valence-corrected chi connectivity index (χ4v) is 5.66. The summed E-state index contributed by atoms with van der Waals surface area (Å²) in [5.74, 6) is 0.628. The SMILES string of the molecule is CCOC(=O)[C@H](C)NP(=O)(CN1CCOCC1)Oc1c(C(C)C)cccc1C(C)C. The summed E-state index contributed by atoms with van der Waals surface area (Å²) in [6.45, 7) is 14.6. The van der Waals surface area contributed by atoms with Crippen molar-refractivity contribution in [1.29, 1.82) is 0 Å². The highest BCUT2D eigenvalue weighted by atomic mass is 31.2. The van der Waals surface area contributed by atoms with E-state index in [9.17, 15) is 9.36 Å². The maximum absolute atomic E-state index is 14.1. The van der Waals surface area contributed by atoms with Crippen LogP contribution in [0, 0.1) is 0 Å². The van der Waals surface area contributed by atoms with Crippen molar-refractivity contribution in [2.24, 2.45) is 0 Å². The molecule has 1 aromatic rings. The molecule has 1 aromatic carbocycles. The monoisotopic (exact) mass is 440 g/mol. The molecule has 2 atom stereocenters. The van der Waals surface area contributed by atoms with Crippen molar-refractivity contribution in [3.63, 3.8) is 0 Å². The molecule has 170 valence electrons. The number of nitrogens with one attached hydrogen (secondary N) is 1. The summed E-state index contributed by atoms with van der Waals surface area (Å²) in [7, 11) is -3.46. The highest BCUT2D eigenvalue weighted by molar-refractivity contribution is 7.57. The van der Waals surface area contributed by atoms with E-state index in [1.165, 1.54) is 0 Å².